The molecule has 0 spiro atoms. The molecule has 0 aliphatic rings. The Morgan fingerprint density at radius 2 is 2.22 bits per heavy atom. The maximum atomic E-state index is 10.6. The van der Waals surface area contributed by atoms with E-state index in [-0.39, 0.29) is 23.8 Å². The minimum atomic E-state index is -0.474. The predicted octanol–water partition coefficient (Wildman–Crippen LogP) is -2.02. The number of non-ortho nitro benzene ring substituents is 1. The van der Waals surface area contributed by atoms with Crippen LogP contribution in [-0.4, -0.2) is 14.6 Å². The van der Waals surface area contributed by atoms with Crippen LogP contribution in [0.5, 0.6) is 5.75 Å². The molecule has 0 amide bonds. The maximum absolute atomic E-state index is 10.6. The molecule has 0 bridgehead atoms. The lowest BCUT2D eigenvalue weighted by Gasteiger charge is -2.01. The Labute approximate surface area is 110 Å². The maximum Gasteiger partial charge on any atom is 0.270 e. The van der Waals surface area contributed by atoms with Gasteiger partial charge in [0, 0.05) is 17.7 Å². The lowest BCUT2D eigenvalue weighted by molar-refractivity contribution is -0.671. The van der Waals surface area contributed by atoms with Gasteiger partial charge in [0.05, 0.1) is 12.0 Å². The summed E-state index contributed by atoms with van der Waals surface area (Å²) < 4.78 is 3.69. The molecule has 0 radical (unpaired) electrons. The van der Waals surface area contributed by atoms with Gasteiger partial charge in [-0.1, -0.05) is 0 Å². The molecule has 6 nitrogen and oxygen atoms in total. The highest BCUT2D eigenvalue weighted by Crippen LogP contribution is 2.23. The third kappa shape index (κ3) is 2.98. The van der Waals surface area contributed by atoms with E-state index in [0.717, 1.165) is 0 Å². The number of hydrogen-bond acceptors (Lipinski definition) is 3. The van der Waals surface area contributed by atoms with Crippen molar-refractivity contribution in [2.45, 2.75) is 6.54 Å². The molecule has 1 aromatic heterocycles. The van der Waals surface area contributed by atoms with Crippen molar-refractivity contribution in [3.8, 4) is 5.75 Å². The average molecular weight is 270 g/mol. The number of aromatic hydroxyl groups is 1. The summed E-state index contributed by atoms with van der Waals surface area (Å²) in [6.45, 7) is 0.397. The molecule has 2 rings (SSSR count). The zero-order valence-corrected chi connectivity index (χ0v) is 10.4. The van der Waals surface area contributed by atoms with Gasteiger partial charge in [0.2, 0.25) is 6.33 Å². The van der Waals surface area contributed by atoms with Gasteiger partial charge in [-0.05, 0) is 6.07 Å². The molecule has 18 heavy (non-hydrogen) atoms. The number of imidazole rings is 1. The summed E-state index contributed by atoms with van der Waals surface area (Å²) in [5.41, 5.74) is 0.504. The summed E-state index contributed by atoms with van der Waals surface area (Å²) in [7, 11) is 1.88. The molecule has 1 aromatic carbocycles. The molecular formula is C11H12ClN3O3. The van der Waals surface area contributed by atoms with Crippen molar-refractivity contribution < 1.29 is 27.0 Å². The molecule has 7 heteroatoms. The third-order valence-corrected chi connectivity index (χ3v) is 2.45. The van der Waals surface area contributed by atoms with Crippen molar-refractivity contribution in [3.05, 3.63) is 52.6 Å². The molecule has 96 valence electrons. The number of nitro groups is 1. The largest absolute Gasteiger partial charge is 1.00 e. The Kier molecular flexibility index (Phi) is 4.28. The Balaban J connectivity index is 0.00000162. The molecule has 2 aromatic rings. The summed E-state index contributed by atoms with van der Waals surface area (Å²) in [5.74, 6) is 0.0620. The smallest absolute Gasteiger partial charge is 0.270 e. The van der Waals surface area contributed by atoms with Gasteiger partial charge in [-0.3, -0.25) is 10.1 Å². The first-order valence-corrected chi connectivity index (χ1v) is 5.03. The zero-order chi connectivity index (χ0) is 12.4. The number of phenolic OH excluding ortho intramolecular Hbond substituents is 1. The highest BCUT2D eigenvalue weighted by atomic mass is 35.5. The van der Waals surface area contributed by atoms with Crippen molar-refractivity contribution >= 4 is 5.69 Å². The monoisotopic (exact) mass is 269 g/mol. The van der Waals surface area contributed by atoms with Crippen LogP contribution in [0.25, 0.3) is 0 Å². The van der Waals surface area contributed by atoms with Crippen LogP contribution in [0.15, 0.2) is 36.9 Å². The molecule has 1 heterocycles. The molecule has 0 saturated heterocycles. The minimum absolute atomic E-state index is 0. The number of phenols is 1. The van der Waals surface area contributed by atoms with E-state index >= 15 is 0 Å². The average Bonchev–Trinajstić information content (AvgIpc) is 2.67. The number of aromatic nitrogens is 2. The van der Waals surface area contributed by atoms with Gasteiger partial charge in [-0.25, -0.2) is 9.13 Å². The number of hydrogen-bond donors (Lipinski definition) is 1. The van der Waals surface area contributed by atoms with Crippen LogP contribution in [0, 0.1) is 10.1 Å². The van der Waals surface area contributed by atoms with E-state index in [0.29, 0.717) is 12.1 Å². The lowest BCUT2D eigenvalue weighted by atomic mass is 10.2. The molecule has 0 aliphatic carbocycles. The minimum Gasteiger partial charge on any atom is -1.00 e. The van der Waals surface area contributed by atoms with Gasteiger partial charge in [-0.2, -0.15) is 0 Å². The van der Waals surface area contributed by atoms with Crippen molar-refractivity contribution in [1.29, 1.82) is 0 Å². The highest BCUT2D eigenvalue weighted by Gasteiger charge is 2.12. The second kappa shape index (κ2) is 5.50. The fraction of sp³-hybridized carbons (Fsp3) is 0.182. The number of benzene rings is 1. The van der Waals surface area contributed by atoms with E-state index in [4.69, 9.17) is 0 Å². The SMILES string of the molecule is C[n+]1ccn(Cc2cc([N+](=O)[O-])ccc2O)c1.[Cl-]. The number of nitro benzene ring substituents is 1. The first kappa shape index (κ1) is 14.0. The number of aryl methyl sites for hydroxylation is 1. The molecule has 0 unspecified atom stereocenters. The Bertz CT molecular complexity index is 568. The van der Waals surface area contributed by atoms with Crippen molar-refractivity contribution in [1.82, 2.24) is 4.57 Å². The van der Waals surface area contributed by atoms with Gasteiger partial charge in [0.15, 0.2) is 0 Å². The zero-order valence-electron chi connectivity index (χ0n) is 9.65. The van der Waals surface area contributed by atoms with Gasteiger partial charge >= 0.3 is 0 Å². The molecule has 0 atom stereocenters. The van der Waals surface area contributed by atoms with E-state index in [2.05, 4.69) is 0 Å². The Morgan fingerprint density at radius 1 is 1.50 bits per heavy atom. The second-order valence-corrected chi connectivity index (χ2v) is 3.82. The lowest BCUT2D eigenvalue weighted by Crippen LogP contribution is -3.00. The van der Waals surface area contributed by atoms with Crippen molar-refractivity contribution in [2.24, 2.45) is 7.05 Å². The van der Waals surface area contributed by atoms with Crippen LogP contribution in [-0.2, 0) is 13.6 Å². The first-order chi connectivity index (χ1) is 8.06. The molecule has 0 saturated carbocycles. The summed E-state index contributed by atoms with van der Waals surface area (Å²) in [6, 6.07) is 4.01. The van der Waals surface area contributed by atoms with Crippen molar-refractivity contribution in [3.63, 3.8) is 0 Å². The number of nitrogens with zero attached hydrogens (tertiary/aromatic N) is 3. The Morgan fingerprint density at radius 3 is 2.78 bits per heavy atom. The van der Waals surface area contributed by atoms with Crippen molar-refractivity contribution in [2.75, 3.05) is 0 Å². The van der Waals surface area contributed by atoms with Gasteiger partial charge < -0.3 is 17.5 Å². The quantitative estimate of drug-likeness (QED) is 0.397. The third-order valence-electron chi connectivity index (χ3n) is 2.45. The topological polar surface area (TPSA) is 72.2 Å². The molecule has 0 aliphatic heterocycles. The van der Waals surface area contributed by atoms with E-state index in [9.17, 15) is 15.2 Å². The highest BCUT2D eigenvalue weighted by molar-refractivity contribution is 5.43. The molecule has 0 fully saturated rings. The fourth-order valence-corrected chi connectivity index (χ4v) is 1.60. The van der Waals surface area contributed by atoms with Gasteiger partial charge in [0.1, 0.15) is 24.7 Å². The number of rotatable bonds is 3. The fourth-order valence-electron chi connectivity index (χ4n) is 1.60. The summed E-state index contributed by atoms with van der Waals surface area (Å²) in [6.07, 6.45) is 5.52. The number of halogens is 1. The van der Waals surface area contributed by atoms with E-state index < -0.39 is 4.92 Å². The summed E-state index contributed by atoms with van der Waals surface area (Å²) in [4.78, 5) is 10.2. The van der Waals surface area contributed by atoms with Crippen LogP contribution in [0.3, 0.4) is 0 Å². The summed E-state index contributed by atoms with van der Waals surface area (Å²) >= 11 is 0. The van der Waals surface area contributed by atoms with Gasteiger partial charge in [0.25, 0.3) is 5.69 Å². The first-order valence-electron chi connectivity index (χ1n) is 5.03. The van der Waals surface area contributed by atoms with Crippen LogP contribution in [0.1, 0.15) is 5.56 Å². The standard InChI is InChI=1S/C11H11N3O3.ClH/c1-12-4-5-13(8-12)7-9-6-10(14(16)17)2-3-11(9)15;/h2-6,8H,7H2,1H3;1H. The van der Waals surface area contributed by atoms with E-state index in [1.54, 1.807) is 0 Å². The van der Waals surface area contributed by atoms with Gasteiger partial charge in [-0.15, -0.1) is 0 Å². The van der Waals surface area contributed by atoms with Crippen LogP contribution >= 0.6 is 0 Å². The predicted molar refractivity (Wildman–Crippen MR) is 59.5 cm³/mol. The van der Waals surface area contributed by atoms with E-state index in [1.807, 2.05) is 34.9 Å². The van der Waals surface area contributed by atoms with Crippen LogP contribution in [0.4, 0.5) is 5.69 Å². The summed E-state index contributed by atoms with van der Waals surface area (Å²) in [5, 5.41) is 20.3. The Hall–Kier alpha value is -2.08. The van der Waals surface area contributed by atoms with E-state index in [1.165, 1.54) is 18.2 Å². The second-order valence-electron chi connectivity index (χ2n) is 3.82. The van der Waals surface area contributed by atoms with Crippen LogP contribution < -0.4 is 17.0 Å². The molecular weight excluding hydrogens is 258 g/mol. The molecule has 1 N–H and O–H groups in total. The normalized spacial score (nSPS) is 9.83. The van der Waals surface area contributed by atoms with Crippen LogP contribution in [0.2, 0.25) is 0 Å².